The number of likely N-dealkylation sites (N-methyl/N-ethyl adjacent to an activating group) is 1. The number of hydrogen-bond acceptors (Lipinski definition) is 9. The fraction of sp³-hybridized carbons (Fsp3) is 0.640. The van der Waals surface area contributed by atoms with E-state index in [9.17, 15) is 18.3 Å². The number of aryl methyl sites for hydroxylation is 1. The Hall–Kier alpha value is -2.74. The molecule has 38 heavy (non-hydrogen) atoms. The minimum absolute atomic E-state index is 0.0433. The molecule has 1 amide bonds. The predicted octanol–water partition coefficient (Wildman–Crippen LogP) is 1.28. The normalized spacial score (nSPS) is 22.2. The van der Waals surface area contributed by atoms with Crippen LogP contribution < -0.4 is 9.47 Å². The van der Waals surface area contributed by atoms with E-state index >= 15 is 0 Å². The van der Waals surface area contributed by atoms with Crippen LogP contribution in [-0.2, 0) is 32.7 Å². The van der Waals surface area contributed by atoms with E-state index in [0.717, 1.165) is 6.42 Å². The maximum atomic E-state index is 13.5. The first-order valence-electron chi connectivity index (χ1n) is 13.0. The highest BCUT2D eigenvalue weighted by Gasteiger charge is 2.31. The third-order valence-corrected chi connectivity index (χ3v) is 8.73. The number of hydrogen-bond donors (Lipinski definition) is 1. The first-order chi connectivity index (χ1) is 18.2. The number of aliphatic hydroxyl groups is 1. The molecule has 2 aliphatic rings. The Morgan fingerprint density at radius 1 is 1.21 bits per heavy atom. The summed E-state index contributed by atoms with van der Waals surface area (Å²) < 4.78 is 47.5. The van der Waals surface area contributed by atoms with E-state index in [-0.39, 0.29) is 42.5 Å². The number of carbonyl (C=O) groups excluding carboxylic acids is 1. The molecular formula is C25H37N5O7S. The average molecular weight is 552 g/mol. The lowest BCUT2D eigenvalue weighted by Crippen LogP contribution is -2.47. The van der Waals surface area contributed by atoms with Gasteiger partial charge in [-0.2, -0.15) is 4.31 Å². The SMILES string of the molecule is C[C@@H]1CN([C@H](C)CO)C(=O)CCCn2cc(nn2)CO[C@@H]1CN(C)S(=O)(=O)c1ccc2c(c1)OCCCO2. The van der Waals surface area contributed by atoms with Gasteiger partial charge < -0.3 is 24.2 Å². The van der Waals surface area contributed by atoms with Gasteiger partial charge in [0.15, 0.2) is 11.5 Å². The van der Waals surface area contributed by atoms with Crippen LogP contribution in [-0.4, -0.2) is 95.7 Å². The number of rotatable bonds is 6. The highest BCUT2D eigenvalue weighted by Crippen LogP contribution is 2.33. The van der Waals surface area contributed by atoms with E-state index in [1.165, 1.54) is 23.5 Å². The molecule has 3 atom stereocenters. The summed E-state index contributed by atoms with van der Waals surface area (Å²) in [6.07, 6.45) is 2.82. The summed E-state index contributed by atoms with van der Waals surface area (Å²) >= 11 is 0. The minimum Gasteiger partial charge on any atom is -0.490 e. The van der Waals surface area contributed by atoms with Crippen LogP contribution >= 0.6 is 0 Å². The van der Waals surface area contributed by atoms with Crippen molar-refractivity contribution in [3.8, 4) is 11.5 Å². The maximum Gasteiger partial charge on any atom is 0.243 e. The van der Waals surface area contributed by atoms with Crippen LogP contribution in [0.2, 0.25) is 0 Å². The zero-order valence-corrected chi connectivity index (χ0v) is 23.0. The molecule has 0 fully saturated rings. The molecule has 2 aromatic rings. The fourth-order valence-corrected chi connectivity index (χ4v) is 5.73. The monoisotopic (exact) mass is 551 g/mol. The summed E-state index contributed by atoms with van der Waals surface area (Å²) in [7, 11) is -2.38. The predicted molar refractivity (Wildman–Crippen MR) is 137 cm³/mol. The quantitative estimate of drug-likeness (QED) is 0.563. The Bertz CT molecular complexity index is 1200. The molecule has 0 saturated heterocycles. The largest absolute Gasteiger partial charge is 0.490 e. The smallest absolute Gasteiger partial charge is 0.243 e. The molecule has 4 rings (SSSR count). The number of fused-ring (bicyclic) bond motifs is 3. The van der Waals surface area contributed by atoms with E-state index in [1.807, 2.05) is 6.92 Å². The summed E-state index contributed by atoms with van der Waals surface area (Å²) in [5.74, 6) is 0.598. The number of carbonyl (C=O) groups is 1. The summed E-state index contributed by atoms with van der Waals surface area (Å²) in [6, 6.07) is 4.23. The van der Waals surface area contributed by atoms with Crippen molar-refractivity contribution in [2.24, 2.45) is 5.92 Å². The molecular weight excluding hydrogens is 514 g/mol. The molecule has 2 bridgehead atoms. The van der Waals surface area contributed by atoms with Gasteiger partial charge in [0.05, 0.1) is 49.7 Å². The Kier molecular flexibility index (Phi) is 9.23. The minimum atomic E-state index is -3.89. The highest BCUT2D eigenvalue weighted by molar-refractivity contribution is 7.89. The topological polar surface area (TPSA) is 136 Å². The number of sulfonamides is 1. The molecule has 0 unspecified atom stereocenters. The third kappa shape index (κ3) is 6.63. The van der Waals surface area contributed by atoms with Crippen LogP contribution in [0, 0.1) is 5.92 Å². The summed E-state index contributed by atoms with van der Waals surface area (Å²) in [5.41, 5.74) is 0.627. The van der Waals surface area contributed by atoms with Crippen molar-refractivity contribution in [2.75, 3.05) is 40.0 Å². The van der Waals surface area contributed by atoms with Gasteiger partial charge in [-0.1, -0.05) is 12.1 Å². The number of ether oxygens (including phenoxy) is 3. The van der Waals surface area contributed by atoms with E-state index in [0.29, 0.717) is 56.3 Å². The molecule has 0 aliphatic carbocycles. The second-order valence-corrected chi connectivity index (χ2v) is 12.0. The first kappa shape index (κ1) is 28.3. The molecule has 2 aliphatic heterocycles. The van der Waals surface area contributed by atoms with E-state index in [2.05, 4.69) is 10.3 Å². The molecule has 12 nitrogen and oxygen atoms in total. The summed E-state index contributed by atoms with van der Waals surface area (Å²) in [5, 5.41) is 18.0. The number of amides is 1. The molecule has 0 radical (unpaired) electrons. The van der Waals surface area contributed by atoms with Crippen LogP contribution in [0.15, 0.2) is 29.3 Å². The van der Waals surface area contributed by atoms with Gasteiger partial charge in [0.25, 0.3) is 0 Å². The number of benzene rings is 1. The van der Waals surface area contributed by atoms with Gasteiger partial charge in [-0.15, -0.1) is 5.10 Å². The molecule has 13 heteroatoms. The van der Waals surface area contributed by atoms with Gasteiger partial charge in [0, 0.05) is 51.5 Å². The molecule has 0 spiro atoms. The van der Waals surface area contributed by atoms with Gasteiger partial charge in [-0.3, -0.25) is 9.48 Å². The molecule has 1 aromatic heterocycles. The van der Waals surface area contributed by atoms with Crippen LogP contribution in [0.5, 0.6) is 11.5 Å². The van der Waals surface area contributed by atoms with E-state index < -0.39 is 16.1 Å². The zero-order chi connectivity index (χ0) is 27.3. The van der Waals surface area contributed by atoms with Gasteiger partial charge in [-0.25, -0.2) is 8.42 Å². The lowest BCUT2D eigenvalue weighted by molar-refractivity contribution is -0.136. The first-order valence-corrected chi connectivity index (χ1v) is 14.4. The molecule has 3 heterocycles. The van der Waals surface area contributed by atoms with Crippen LogP contribution in [0.4, 0.5) is 0 Å². The van der Waals surface area contributed by atoms with Gasteiger partial charge >= 0.3 is 0 Å². The lowest BCUT2D eigenvalue weighted by atomic mass is 10.0. The average Bonchev–Trinajstić information content (AvgIpc) is 3.22. The Balaban J connectivity index is 1.57. The van der Waals surface area contributed by atoms with Crippen LogP contribution in [0.25, 0.3) is 0 Å². The van der Waals surface area contributed by atoms with Gasteiger partial charge in [0.2, 0.25) is 15.9 Å². The van der Waals surface area contributed by atoms with Gasteiger partial charge in [0.1, 0.15) is 5.69 Å². The number of aliphatic hydroxyl groups excluding tert-OH is 1. The second-order valence-electron chi connectivity index (χ2n) is 9.93. The van der Waals surface area contributed by atoms with Gasteiger partial charge in [-0.05, 0) is 25.5 Å². The van der Waals surface area contributed by atoms with E-state index in [4.69, 9.17) is 14.2 Å². The standard InChI is InChI=1S/C25H37N5O7S/c1-18-13-30(19(2)16-31)25(32)6-4-9-29-14-20(26-27-29)17-37-24(18)15-28(3)38(33,34)21-7-8-22-23(12-21)36-11-5-10-35-22/h7-8,12,14,18-19,24,31H,4-6,9-11,13,15-17H2,1-3H3/t18-,19-,24-/m1/s1. The van der Waals surface area contributed by atoms with Crippen molar-refractivity contribution in [1.29, 1.82) is 0 Å². The fourth-order valence-electron chi connectivity index (χ4n) is 4.53. The Morgan fingerprint density at radius 2 is 1.97 bits per heavy atom. The summed E-state index contributed by atoms with van der Waals surface area (Å²) in [6.45, 7) is 5.54. The van der Waals surface area contributed by atoms with E-state index in [1.54, 1.807) is 28.8 Å². The zero-order valence-electron chi connectivity index (χ0n) is 22.2. The number of aromatic nitrogens is 3. The Morgan fingerprint density at radius 3 is 2.74 bits per heavy atom. The number of nitrogens with zero attached hydrogens (tertiary/aromatic N) is 5. The van der Waals surface area contributed by atoms with Crippen molar-refractivity contribution >= 4 is 15.9 Å². The maximum absolute atomic E-state index is 13.5. The third-order valence-electron chi connectivity index (χ3n) is 6.91. The Labute approximate surface area is 223 Å². The molecule has 0 saturated carbocycles. The van der Waals surface area contributed by atoms with Crippen molar-refractivity contribution in [3.63, 3.8) is 0 Å². The molecule has 1 aromatic carbocycles. The second kappa shape index (κ2) is 12.4. The summed E-state index contributed by atoms with van der Waals surface area (Å²) in [4.78, 5) is 14.8. The van der Waals surface area contributed by atoms with Crippen LogP contribution in [0.1, 0.15) is 38.8 Å². The lowest BCUT2D eigenvalue weighted by Gasteiger charge is -2.35. The van der Waals surface area contributed by atoms with Crippen molar-refractivity contribution in [2.45, 2.75) is 63.3 Å². The molecule has 210 valence electrons. The molecule has 1 N–H and O–H groups in total. The van der Waals surface area contributed by atoms with Crippen molar-refractivity contribution < 1.29 is 32.5 Å². The highest BCUT2D eigenvalue weighted by atomic mass is 32.2. The van der Waals surface area contributed by atoms with Crippen LogP contribution in [0.3, 0.4) is 0 Å². The van der Waals surface area contributed by atoms with Crippen molar-refractivity contribution in [1.82, 2.24) is 24.2 Å². The van der Waals surface area contributed by atoms with Crippen molar-refractivity contribution in [3.05, 3.63) is 30.1 Å².